The van der Waals surface area contributed by atoms with Gasteiger partial charge < -0.3 is 5.32 Å². The highest BCUT2D eigenvalue weighted by Crippen LogP contribution is 2.24. The summed E-state index contributed by atoms with van der Waals surface area (Å²) in [6, 6.07) is 13.7. The van der Waals surface area contributed by atoms with Gasteiger partial charge in [-0.05, 0) is 49.1 Å². The fraction of sp³-hybridized carbons (Fsp3) is 0.280. The van der Waals surface area contributed by atoms with Crippen molar-refractivity contribution in [2.24, 2.45) is 5.92 Å². The zero-order chi connectivity index (χ0) is 24.6. The number of para-hydroxylation sites is 1. The van der Waals surface area contributed by atoms with Crippen LogP contribution in [0.4, 0.5) is 5.69 Å². The highest BCUT2D eigenvalue weighted by molar-refractivity contribution is 7.89. The molecule has 1 N–H and O–H groups in total. The van der Waals surface area contributed by atoms with Crippen LogP contribution in [0.3, 0.4) is 0 Å². The molecule has 0 bridgehead atoms. The molecule has 1 aliphatic rings. The van der Waals surface area contributed by atoms with Crippen molar-refractivity contribution >= 4 is 43.4 Å². The second-order valence-electron chi connectivity index (χ2n) is 8.91. The van der Waals surface area contributed by atoms with E-state index in [1.807, 2.05) is 24.3 Å². The van der Waals surface area contributed by atoms with Crippen LogP contribution in [0.2, 0.25) is 0 Å². The van der Waals surface area contributed by atoms with Crippen molar-refractivity contribution in [2.75, 3.05) is 18.4 Å². The first-order valence-electron chi connectivity index (χ1n) is 11.5. The summed E-state index contributed by atoms with van der Waals surface area (Å²) >= 11 is 0. The van der Waals surface area contributed by atoms with Gasteiger partial charge in [0.05, 0.1) is 39.5 Å². The molecule has 1 saturated heterocycles. The number of anilines is 1. The lowest BCUT2D eigenvalue weighted by atomic mass is 10.0. The molecule has 0 spiro atoms. The molecule has 1 amide bonds. The van der Waals surface area contributed by atoms with Crippen LogP contribution in [0, 0.1) is 5.92 Å². The monoisotopic (exact) mass is 491 g/mol. The Morgan fingerprint density at radius 2 is 1.83 bits per heavy atom. The normalized spacial score (nSPS) is 15.5. The third-order valence-corrected chi connectivity index (χ3v) is 8.26. The van der Waals surface area contributed by atoms with Gasteiger partial charge in [0.1, 0.15) is 6.54 Å². The number of hydrogen-bond acceptors (Lipinski definition) is 6. The standard InChI is InChI=1S/C25H25N5O4S/c1-17-8-10-30(11-9-17)35(33,34)20-6-7-23-21(13-20)25(32)29(16-27-23)15-24(31)28-19-12-18-4-2-3-5-22(18)26-14-19/h2-7,12-14,16-17H,8-11,15H2,1H3,(H,28,31). The minimum atomic E-state index is -3.72. The molecule has 0 unspecified atom stereocenters. The summed E-state index contributed by atoms with van der Waals surface area (Å²) in [6.45, 7) is 2.77. The van der Waals surface area contributed by atoms with E-state index in [9.17, 15) is 18.0 Å². The molecule has 3 heterocycles. The highest BCUT2D eigenvalue weighted by Gasteiger charge is 2.28. The van der Waals surface area contributed by atoms with Crippen molar-refractivity contribution < 1.29 is 13.2 Å². The second-order valence-corrected chi connectivity index (χ2v) is 10.8. The number of nitrogens with zero attached hydrogens (tertiary/aromatic N) is 4. The van der Waals surface area contributed by atoms with Crippen LogP contribution in [-0.4, -0.2) is 46.3 Å². The lowest BCUT2D eigenvalue weighted by Crippen LogP contribution is -2.38. The Hall–Kier alpha value is -3.63. The van der Waals surface area contributed by atoms with Gasteiger partial charge in [-0.15, -0.1) is 0 Å². The third kappa shape index (κ3) is 4.67. The van der Waals surface area contributed by atoms with Crippen molar-refractivity contribution in [1.82, 2.24) is 18.8 Å². The molecular formula is C25H25N5O4S. The van der Waals surface area contributed by atoms with Crippen LogP contribution in [0.15, 0.2) is 70.7 Å². The zero-order valence-corrected chi connectivity index (χ0v) is 20.0. The number of piperidine rings is 1. The van der Waals surface area contributed by atoms with E-state index in [4.69, 9.17) is 0 Å². The number of aromatic nitrogens is 3. The predicted molar refractivity (Wildman–Crippen MR) is 134 cm³/mol. The molecule has 0 atom stereocenters. The Balaban J connectivity index is 1.39. The van der Waals surface area contributed by atoms with Crippen molar-refractivity contribution in [2.45, 2.75) is 31.2 Å². The molecule has 9 nitrogen and oxygen atoms in total. The number of sulfonamides is 1. The van der Waals surface area contributed by atoms with Gasteiger partial charge in [0.2, 0.25) is 15.9 Å². The molecule has 35 heavy (non-hydrogen) atoms. The van der Waals surface area contributed by atoms with E-state index in [1.165, 1.54) is 33.4 Å². The van der Waals surface area contributed by atoms with Gasteiger partial charge >= 0.3 is 0 Å². The molecule has 2 aromatic carbocycles. The molecule has 1 aliphatic heterocycles. The van der Waals surface area contributed by atoms with Crippen LogP contribution in [-0.2, 0) is 21.4 Å². The van der Waals surface area contributed by atoms with Crippen LogP contribution in [0.5, 0.6) is 0 Å². The Kier molecular flexibility index (Phi) is 6.08. The van der Waals surface area contributed by atoms with E-state index in [0.29, 0.717) is 30.2 Å². The van der Waals surface area contributed by atoms with Crippen LogP contribution in [0.1, 0.15) is 19.8 Å². The molecule has 10 heteroatoms. The molecular weight excluding hydrogens is 466 g/mol. The Morgan fingerprint density at radius 3 is 2.63 bits per heavy atom. The average molecular weight is 492 g/mol. The number of carbonyl (C=O) groups excluding carboxylic acids is 1. The summed E-state index contributed by atoms with van der Waals surface area (Å²) in [4.78, 5) is 34.4. The van der Waals surface area contributed by atoms with E-state index in [1.54, 1.807) is 12.3 Å². The number of carbonyl (C=O) groups is 1. The maximum Gasteiger partial charge on any atom is 0.261 e. The number of pyridine rings is 1. The van der Waals surface area contributed by atoms with Crippen molar-refractivity contribution in [3.05, 3.63) is 71.4 Å². The van der Waals surface area contributed by atoms with Gasteiger partial charge in [-0.3, -0.25) is 19.1 Å². The quantitative estimate of drug-likeness (QED) is 0.459. The van der Waals surface area contributed by atoms with E-state index in [2.05, 4.69) is 22.2 Å². The van der Waals surface area contributed by atoms with Crippen molar-refractivity contribution in [1.29, 1.82) is 0 Å². The fourth-order valence-corrected chi connectivity index (χ4v) is 5.78. The summed E-state index contributed by atoms with van der Waals surface area (Å²) in [5.74, 6) is 0.0718. The van der Waals surface area contributed by atoms with E-state index in [0.717, 1.165) is 23.7 Å². The molecule has 0 aliphatic carbocycles. The largest absolute Gasteiger partial charge is 0.323 e. The van der Waals surface area contributed by atoms with Crippen molar-refractivity contribution in [3.8, 4) is 0 Å². The van der Waals surface area contributed by atoms with Gasteiger partial charge in [-0.25, -0.2) is 13.4 Å². The zero-order valence-electron chi connectivity index (χ0n) is 19.2. The maximum absolute atomic E-state index is 13.1. The van der Waals surface area contributed by atoms with Crippen LogP contribution in [0.25, 0.3) is 21.8 Å². The molecule has 2 aromatic heterocycles. The number of rotatable bonds is 5. The number of benzene rings is 2. The van der Waals surface area contributed by atoms with Gasteiger partial charge in [-0.2, -0.15) is 4.31 Å². The fourth-order valence-electron chi connectivity index (χ4n) is 4.28. The third-order valence-electron chi connectivity index (χ3n) is 6.36. The van der Waals surface area contributed by atoms with Gasteiger partial charge in [0, 0.05) is 18.5 Å². The first-order chi connectivity index (χ1) is 16.8. The lowest BCUT2D eigenvalue weighted by Gasteiger charge is -2.29. The van der Waals surface area contributed by atoms with Gasteiger partial charge in [0.25, 0.3) is 5.56 Å². The predicted octanol–water partition coefficient (Wildman–Crippen LogP) is 3.00. The van der Waals surface area contributed by atoms with E-state index in [-0.39, 0.29) is 16.8 Å². The number of nitrogens with one attached hydrogen (secondary N) is 1. The lowest BCUT2D eigenvalue weighted by molar-refractivity contribution is -0.116. The minimum absolute atomic E-state index is 0.0582. The smallest absolute Gasteiger partial charge is 0.261 e. The Morgan fingerprint density at radius 1 is 1.06 bits per heavy atom. The maximum atomic E-state index is 13.1. The SMILES string of the molecule is CC1CCN(S(=O)(=O)c2ccc3ncn(CC(=O)Nc4cnc5ccccc5c4)c(=O)c3c2)CC1. The van der Waals surface area contributed by atoms with Gasteiger partial charge in [-0.1, -0.05) is 25.1 Å². The highest BCUT2D eigenvalue weighted by atomic mass is 32.2. The summed E-state index contributed by atoms with van der Waals surface area (Å²) < 4.78 is 28.9. The summed E-state index contributed by atoms with van der Waals surface area (Å²) in [5, 5.41) is 3.78. The Bertz CT molecular complexity index is 1590. The van der Waals surface area contributed by atoms with E-state index < -0.39 is 21.5 Å². The Labute approximate surface area is 202 Å². The summed E-state index contributed by atoms with van der Waals surface area (Å²) in [5.41, 5.74) is 1.22. The first-order valence-corrected chi connectivity index (χ1v) is 12.9. The topological polar surface area (TPSA) is 114 Å². The van der Waals surface area contributed by atoms with Crippen LogP contribution >= 0.6 is 0 Å². The minimum Gasteiger partial charge on any atom is -0.323 e. The summed E-state index contributed by atoms with van der Waals surface area (Å²) in [6.07, 6.45) is 4.47. The molecule has 1 fully saturated rings. The molecule has 0 radical (unpaired) electrons. The van der Waals surface area contributed by atoms with E-state index >= 15 is 0 Å². The first kappa shape index (κ1) is 23.1. The average Bonchev–Trinajstić information content (AvgIpc) is 2.86. The van der Waals surface area contributed by atoms with Crippen molar-refractivity contribution in [3.63, 3.8) is 0 Å². The number of fused-ring (bicyclic) bond motifs is 2. The molecule has 0 saturated carbocycles. The summed E-state index contributed by atoms with van der Waals surface area (Å²) in [7, 11) is -3.72. The number of amides is 1. The molecule has 180 valence electrons. The van der Waals surface area contributed by atoms with Crippen LogP contribution < -0.4 is 10.9 Å². The van der Waals surface area contributed by atoms with Gasteiger partial charge in [0.15, 0.2) is 0 Å². The molecule has 4 aromatic rings. The number of hydrogen-bond donors (Lipinski definition) is 1. The molecule has 5 rings (SSSR count). The second kappa shape index (κ2) is 9.20.